The normalized spacial score (nSPS) is 16.9. The summed E-state index contributed by atoms with van der Waals surface area (Å²) in [6, 6.07) is 6.11. The SMILES string of the molecule is Nc1nc2ccc(Br)cc2n1CCCN1CCCCC1. The standard InChI is InChI=1S/C15H21BrN4/c16-12-5-6-13-14(11-12)20(15(17)18-13)10-4-9-19-7-2-1-3-8-19/h5-6,11H,1-4,7-10H2,(H2,17,18). The lowest BCUT2D eigenvalue weighted by Crippen LogP contribution is -2.31. The second kappa shape index (κ2) is 6.14. The van der Waals surface area contributed by atoms with Gasteiger partial charge in [-0.1, -0.05) is 22.4 Å². The summed E-state index contributed by atoms with van der Waals surface area (Å²) in [5, 5.41) is 0. The maximum atomic E-state index is 6.05. The Morgan fingerprint density at radius 1 is 1.15 bits per heavy atom. The molecule has 0 amide bonds. The summed E-state index contributed by atoms with van der Waals surface area (Å²) < 4.78 is 3.20. The molecule has 2 N–H and O–H groups in total. The predicted octanol–water partition coefficient (Wildman–Crippen LogP) is 3.26. The predicted molar refractivity (Wildman–Crippen MR) is 86.8 cm³/mol. The van der Waals surface area contributed by atoms with E-state index in [-0.39, 0.29) is 0 Å². The number of benzene rings is 1. The van der Waals surface area contributed by atoms with Crippen molar-refractivity contribution in [3.63, 3.8) is 0 Å². The molecule has 4 nitrogen and oxygen atoms in total. The third-order valence-corrected chi connectivity index (χ3v) is 4.54. The quantitative estimate of drug-likeness (QED) is 0.932. The van der Waals surface area contributed by atoms with E-state index in [1.807, 2.05) is 12.1 Å². The maximum Gasteiger partial charge on any atom is 0.201 e. The van der Waals surface area contributed by atoms with Crippen molar-refractivity contribution in [2.45, 2.75) is 32.2 Å². The van der Waals surface area contributed by atoms with Crippen molar-refractivity contribution in [2.75, 3.05) is 25.4 Å². The van der Waals surface area contributed by atoms with Crippen LogP contribution in [-0.2, 0) is 6.54 Å². The summed E-state index contributed by atoms with van der Waals surface area (Å²) in [7, 11) is 0. The Labute approximate surface area is 128 Å². The molecule has 0 spiro atoms. The number of rotatable bonds is 4. The van der Waals surface area contributed by atoms with Crippen molar-refractivity contribution in [3.8, 4) is 0 Å². The van der Waals surface area contributed by atoms with Gasteiger partial charge in [0.15, 0.2) is 0 Å². The van der Waals surface area contributed by atoms with Crippen LogP contribution in [0.2, 0.25) is 0 Å². The van der Waals surface area contributed by atoms with Gasteiger partial charge < -0.3 is 15.2 Å². The minimum atomic E-state index is 0.622. The number of aryl methyl sites for hydroxylation is 1. The average Bonchev–Trinajstić information content (AvgIpc) is 2.76. The number of imidazole rings is 1. The number of fused-ring (bicyclic) bond motifs is 1. The number of hydrogen-bond donors (Lipinski definition) is 1. The number of nitrogen functional groups attached to an aromatic ring is 1. The molecule has 1 fully saturated rings. The highest BCUT2D eigenvalue weighted by molar-refractivity contribution is 9.10. The summed E-state index contributed by atoms with van der Waals surface area (Å²) in [5.74, 6) is 0.622. The van der Waals surface area contributed by atoms with Gasteiger partial charge in [-0.15, -0.1) is 0 Å². The second-order valence-corrected chi connectivity index (χ2v) is 6.43. The van der Waals surface area contributed by atoms with E-state index in [0.29, 0.717) is 5.95 Å². The van der Waals surface area contributed by atoms with Crippen molar-refractivity contribution >= 4 is 32.9 Å². The molecular formula is C15H21BrN4. The summed E-state index contributed by atoms with van der Waals surface area (Å²) in [4.78, 5) is 6.99. The molecule has 108 valence electrons. The molecule has 0 atom stereocenters. The van der Waals surface area contributed by atoms with Gasteiger partial charge >= 0.3 is 0 Å². The lowest BCUT2D eigenvalue weighted by atomic mass is 10.1. The Bertz CT molecular complexity index is 587. The molecular weight excluding hydrogens is 316 g/mol. The third kappa shape index (κ3) is 2.99. The van der Waals surface area contributed by atoms with Gasteiger partial charge in [-0.05, 0) is 57.1 Å². The fourth-order valence-electron chi connectivity index (χ4n) is 2.98. The summed E-state index contributed by atoms with van der Waals surface area (Å²) >= 11 is 3.52. The molecule has 1 aromatic heterocycles. The molecule has 0 radical (unpaired) electrons. The first-order chi connectivity index (χ1) is 9.74. The lowest BCUT2D eigenvalue weighted by Gasteiger charge is -2.26. The van der Waals surface area contributed by atoms with E-state index >= 15 is 0 Å². The van der Waals surface area contributed by atoms with Gasteiger partial charge in [-0.2, -0.15) is 0 Å². The molecule has 0 aliphatic carbocycles. The van der Waals surface area contributed by atoms with Crippen molar-refractivity contribution in [2.24, 2.45) is 0 Å². The highest BCUT2D eigenvalue weighted by Crippen LogP contribution is 2.22. The van der Waals surface area contributed by atoms with Crippen molar-refractivity contribution in [3.05, 3.63) is 22.7 Å². The van der Waals surface area contributed by atoms with Crippen LogP contribution in [0.15, 0.2) is 22.7 Å². The van der Waals surface area contributed by atoms with E-state index in [9.17, 15) is 0 Å². The molecule has 20 heavy (non-hydrogen) atoms. The van der Waals surface area contributed by atoms with Crippen LogP contribution in [0.4, 0.5) is 5.95 Å². The number of hydrogen-bond acceptors (Lipinski definition) is 3. The smallest absolute Gasteiger partial charge is 0.201 e. The van der Waals surface area contributed by atoms with E-state index < -0.39 is 0 Å². The largest absolute Gasteiger partial charge is 0.369 e. The fourth-order valence-corrected chi connectivity index (χ4v) is 3.33. The minimum absolute atomic E-state index is 0.622. The Hall–Kier alpha value is -1.07. The first-order valence-corrected chi connectivity index (χ1v) is 8.17. The summed E-state index contributed by atoms with van der Waals surface area (Å²) in [5.41, 5.74) is 8.14. The molecule has 0 unspecified atom stereocenters. The van der Waals surface area contributed by atoms with Gasteiger partial charge in [0.1, 0.15) is 0 Å². The van der Waals surface area contributed by atoms with Crippen LogP contribution in [0.1, 0.15) is 25.7 Å². The molecule has 1 saturated heterocycles. The number of piperidine rings is 1. The minimum Gasteiger partial charge on any atom is -0.369 e. The van der Waals surface area contributed by atoms with Crippen LogP contribution < -0.4 is 5.73 Å². The number of anilines is 1. The van der Waals surface area contributed by atoms with E-state index in [4.69, 9.17) is 5.73 Å². The zero-order valence-electron chi connectivity index (χ0n) is 11.7. The first-order valence-electron chi connectivity index (χ1n) is 7.38. The van der Waals surface area contributed by atoms with Crippen LogP contribution in [0.5, 0.6) is 0 Å². The number of halogens is 1. The van der Waals surface area contributed by atoms with E-state index in [0.717, 1.165) is 35.0 Å². The van der Waals surface area contributed by atoms with E-state index in [1.54, 1.807) is 0 Å². The first kappa shape index (κ1) is 13.9. The zero-order chi connectivity index (χ0) is 13.9. The summed E-state index contributed by atoms with van der Waals surface area (Å²) in [6.45, 7) is 4.61. The van der Waals surface area contributed by atoms with E-state index in [2.05, 4.69) is 36.4 Å². The van der Waals surface area contributed by atoms with Crippen molar-refractivity contribution < 1.29 is 0 Å². The monoisotopic (exact) mass is 336 g/mol. The third-order valence-electron chi connectivity index (χ3n) is 4.04. The number of likely N-dealkylation sites (tertiary alicyclic amines) is 1. The van der Waals surface area contributed by atoms with Gasteiger partial charge in [-0.25, -0.2) is 4.98 Å². The van der Waals surface area contributed by atoms with Crippen LogP contribution in [0, 0.1) is 0 Å². The van der Waals surface area contributed by atoms with Gasteiger partial charge in [0.25, 0.3) is 0 Å². The van der Waals surface area contributed by atoms with Crippen LogP contribution in [0.3, 0.4) is 0 Å². The molecule has 1 aliphatic heterocycles. The highest BCUT2D eigenvalue weighted by Gasteiger charge is 2.11. The van der Waals surface area contributed by atoms with Crippen molar-refractivity contribution in [1.29, 1.82) is 0 Å². The zero-order valence-corrected chi connectivity index (χ0v) is 13.3. The van der Waals surface area contributed by atoms with Crippen LogP contribution >= 0.6 is 15.9 Å². The molecule has 1 aromatic carbocycles. The van der Waals surface area contributed by atoms with Crippen molar-refractivity contribution in [1.82, 2.24) is 14.5 Å². The van der Waals surface area contributed by atoms with Gasteiger partial charge in [0, 0.05) is 11.0 Å². The fraction of sp³-hybridized carbons (Fsp3) is 0.533. The average molecular weight is 337 g/mol. The molecule has 5 heteroatoms. The molecule has 2 aromatic rings. The number of nitrogens with two attached hydrogens (primary N) is 1. The molecule has 0 saturated carbocycles. The topological polar surface area (TPSA) is 47.1 Å². The maximum absolute atomic E-state index is 6.05. The lowest BCUT2D eigenvalue weighted by molar-refractivity contribution is 0.223. The summed E-state index contributed by atoms with van der Waals surface area (Å²) in [6.07, 6.45) is 5.22. The Balaban J connectivity index is 1.67. The second-order valence-electron chi connectivity index (χ2n) is 5.51. The van der Waals surface area contributed by atoms with Gasteiger partial charge in [0.05, 0.1) is 11.0 Å². The highest BCUT2D eigenvalue weighted by atomic mass is 79.9. The van der Waals surface area contributed by atoms with Crippen LogP contribution in [0.25, 0.3) is 11.0 Å². The molecule has 3 rings (SSSR count). The van der Waals surface area contributed by atoms with Gasteiger partial charge in [-0.3, -0.25) is 0 Å². The molecule has 1 aliphatic rings. The van der Waals surface area contributed by atoms with E-state index in [1.165, 1.54) is 32.4 Å². The molecule has 2 heterocycles. The van der Waals surface area contributed by atoms with Crippen LogP contribution in [-0.4, -0.2) is 34.1 Å². The number of aromatic nitrogens is 2. The van der Waals surface area contributed by atoms with Gasteiger partial charge in [0.2, 0.25) is 5.95 Å². The number of nitrogens with zero attached hydrogens (tertiary/aromatic N) is 3. The Morgan fingerprint density at radius 2 is 1.95 bits per heavy atom. The Kier molecular flexibility index (Phi) is 4.27. The molecule has 0 bridgehead atoms. The Morgan fingerprint density at radius 3 is 2.75 bits per heavy atom.